The lowest BCUT2D eigenvalue weighted by atomic mass is 10.3. The van der Waals surface area contributed by atoms with E-state index in [2.05, 4.69) is 15.2 Å². The Hall–Kier alpha value is -1.92. The molecule has 0 bridgehead atoms. The van der Waals surface area contributed by atoms with Crippen LogP contribution in [0.4, 0.5) is 0 Å². The van der Waals surface area contributed by atoms with Crippen LogP contribution >= 0.6 is 0 Å². The fourth-order valence-electron chi connectivity index (χ4n) is 2.63. The normalized spacial score (nSPS) is 16.0. The molecule has 1 N–H and O–H groups in total. The number of nitrogens with one attached hydrogen (secondary N) is 1. The van der Waals surface area contributed by atoms with Gasteiger partial charge in [-0.2, -0.15) is 0 Å². The first kappa shape index (κ1) is 15.0. The summed E-state index contributed by atoms with van der Waals surface area (Å²) in [5, 5.41) is 2.94. The molecular formula is C16H22N4O2. The van der Waals surface area contributed by atoms with Gasteiger partial charge in [0.2, 0.25) is 0 Å². The van der Waals surface area contributed by atoms with E-state index in [-0.39, 0.29) is 5.91 Å². The average Bonchev–Trinajstić information content (AvgIpc) is 2.95. The summed E-state index contributed by atoms with van der Waals surface area (Å²) in [6, 6.07) is 3.91. The van der Waals surface area contributed by atoms with Gasteiger partial charge in [0.1, 0.15) is 11.3 Å². The number of carbonyl (C=O) groups is 1. The van der Waals surface area contributed by atoms with Crippen molar-refractivity contribution < 1.29 is 9.53 Å². The number of aryl methyl sites for hydroxylation is 1. The summed E-state index contributed by atoms with van der Waals surface area (Å²) >= 11 is 0. The van der Waals surface area contributed by atoms with Gasteiger partial charge in [-0.3, -0.25) is 9.69 Å². The minimum Gasteiger partial charge on any atom is -0.379 e. The summed E-state index contributed by atoms with van der Waals surface area (Å²) in [7, 11) is 0. The number of rotatable bonds is 5. The zero-order valence-electron chi connectivity index (χ0n) is 12.9. The maximum Gasteiger partial charge on any atom is 0.271 e. The van der Waals surface area contributed by atoms with Gasteiger partial charge in [-0.1, -0.05) is 6.07 Å². The van der Waals surface area contributed by atoms with Crippen molar-refractivity contribution in [2.75, 3.05) is 39.4 Å². The minimum absolute atomic E-state index is 0.108. The second-order valence-corrected chi connectivity index (χ2v) is 5.66. The predicted molar refractivity (Wildman–Crippen MR) is 84.1 cm³/mol. The SMILES string of the molecule is Cc1ccc2nc(C(=O)NCCCN3CCOCC3)cn2c1. The Morgan fingerprint density at radius 2 is 2.14 bits per heavy atom. The maximum atomic E-state index is 12.1. The van der Waals surface area contributed by atoms with Crippen LogP contribution < -0.4 is 5.32 Å². The Balaban J connectivity index is 1.48. The van der Waals surface area contributed by atoms with Crippen molar-refractivity contribution in [3.63, 3.8) is 0 Å². The van der Waals surface area contributed by atoms with Crippen molar-refractivity contribution >= 4 is 11.6 Å². The van der Waals surface area contributed by atoms with Crippen LogP contribution in [-0.4, -0.2) is 59.6 Å². The van der Waals surface area contributed by atoms with Gasteiger partial charge >= 0.3 is 0 Å². The number of hydrogen-bond acceptors (Lipinski definition) is 4. The standard InChI is InChI=1S/C16H22N4O2/c1-13-3-4-15-18-14(12-20(15)11-13)16(21)17-5-2-6-19-7-9-22-10-8-19/h3-4,11-12H,2,5-10H2,1H3,(H,17,21). The number of fused-ring (bicyclic) bond motifs is 1. The van der Waals surface area contributed by atoms with E-state index in [0.717, 1.165) is 50.5 Å². The van der Waals surface area contributed by atoms with Gasteiger partial charge in [-0.05, 0) is 31.5 Å². The molecule has 0 unspecified atom stereocenters. The summed E-state index contributed by atoms with van der Waals surface area (Å²) in [6.45, 7) is 7.28. The van der Waals surface area contributed by atoms with Gasteiger partial charge in [0.05, 0.1) is 13.2 Å². The van der Waals surface area contributed by atoms with Gasteiger partial charge in [0.15, 0.2) is 0 Å². The van der Waals surface area contributed by atoms with Crippen molar-refractivity contribution in [3.05, 3.63) is 35.8 Å². The number of aromatic nitrogens is 2. The molecule has 0 saturated carbocycles. The molecule has 0 aromatic carbocycles. The number of carbonyl (C=O) groups excluding carboxylic acids is 1. The van der Waals surface area contributed by atoms with Crippen molar-refractivity contribution in [3.8, 4) is 0 Å². The van der Waals surface area contributed by atoms with Crippen LogP contribution in [0.25, 0.3) is 5.65 Å². The van der Waals surface area contributed by atoms with E-state index in [4.69, 9.17) is 4.74 Å². The second kappa shape index (κ2) is 6.89. The molecule has 6 nitrogen and oxygen atoms in total. The first-order valence-electron chi connectivity index (χ1n) is 7.76. The molecule has 22 heavy (non-hydrogen) atoms. The van der Waals surface area contributed by atoms with Crippen LogP contribution in [0, 0.1) is 6.92 Å². The van der Waals surface area contributed by atoms with E-state index in [1.54, 1.807) is 6.20 Å². The molecule has 0 radical (unpaired) electrons. The van der Waals surface area contributed by atoms with Gasteiger partial charge in [-0.15, -0.1) is 0 Å². The largest absolute Gasteiger partial charge is 0.379 e. The summed E-state index contributed by atoms with van der Waals surface area (Å²) in [5.74, 6) is -0.108. The highest BCUT2D eigenvalue weighted by molar-refractivity contribution is 5.92. The molecule has 1 aliphatic rings. The Labute approximate surface area is 130 Å². The van der Waals surface area contributed by atoms with E-state index in [1.807, 2.05) is 29.7 Å². The monoisotopic (exact) mass is 302 g/mol. The van der Waals surface area contributed by atoms with Crippen molar-refractivity contribution in [1.82, 2.24) is 19.6 Å². The van der Waals surface area contributed by atoms with Crippen LogP contribution in [0.15, 0.2) is 24.5 Å². The smallest absolute Gasteiger partial charge is 0.271 e. The van der Waals surface area contributed by atoms with Crippen LogP contribution in [0.1, 0.15) is 22.5 Å². The number of amides is 1. The van der Waals surface area contributed by atoms with E-state index in [9.17, 15) is 4.79 Å². The Morgan fingerprint density at radius 1 is 1.32 bits per heavy atom. The molecular weight excluding hydrogens is 280 g/mol. The van der Waals surface area contributed by atoms with Gasteiger partial charge < -0.3 is 14.5 Å². The fraction of sp³-hybridized carbons (Fsp3) is 0.500. The zero-order chi connectivity index (χ0) is 15.4. The molecule has 1 aliphatic heterocycles. The maximum absolute atomic E-state index is 12.1. The highest BCUT2D eigenvalue weighted by Crippen LogP contribution is 2.07. The highest BCUT2D eigenvalue weighted by Gasteiger charge is 2.12. The second-order valence-electron chi connectivity index (χ2n) is 5.66. The van der Waals surface area contributed by atoms with Crippen molar-refractivity contribution in [2.24, 2.45) is 0 Å². The fourth-order valence-corrected chi connectivity index (χ4v) is 2.63. The van der Waals surface area contributed by atoms with Crippen LogP contribution in [-0.2, 0) is 4.74 Å². The first-order valence-corrected chi connectivity index (χ1v) is 7.76. The summed E-state index contributed by atoms with van der Waals surface area (Å²) in [4.78, 5) is 18.8. The minimum atomic E-state index is -0.108. The number of morpholine rings is 1. The lowest BCUT2D eigenvalue weighted by Crippen LogP contribution is -2.38. The molecule has 2 aromatic heterocycles. The van der Waals surface area contributed by atoms with Gasteiger partial charge in [0.25, 0.3) is 5.91 Å². The van der Waals surface area contributed by atoms with Gasteiger partial charge in [0, 0.05) is 32.0 Å². The average molecular weight is 302 g/mol. The third-order valence-corrected chi connectivity index (χ3v) is 3.87. The molecule has 118 valence electrons. The lowest BCUT2D eigenvalue weighted by Gasteiger charge is -2.26. The molecule has 1 amide bonds. The van der Waals surface area contributed by atoms with E-state index < -0.39 is 0 Å². The molecule has 0 atom stereocenters. The lowest BCUT2D eigenvalue weighted by molar-refractivity contribution is 0.0374. The highest BCUT2D eigenvalue weighted by atomic mass is 16.5. The molecule has 6 heteroatoms. The van der Waals surface area contributed by atoms with E-state index >= 15 is 0 Å². The zero-order valence-corrected chi connectivity index (χ0v) is 12.9. The molecule has 0 spiro atoms. The van der Waals surface area contributed by atoms with Crippen molar-refractivity contribution in [1.29, 1.82) is 0 Å². The number of pyridine rings is 1. The van der Waals surface area contributed by atoms with Crippen molar-refractivity contribution in [2.45, 2.75) is 13.3 Å². The molecule has 3 heterocycles. The number of nitrogens with zero attached hydrogens (tertiary/aromatic N) is 3. The number of imidazole rings is 1. The molecule has 2 aromatic rings. The topological polar surface area (TPSA) is 58.9 Å². The third-order valence-electron chi connectivity index (χ3n) is 3.87. The Kier molecular flexibility index (Phi) is 4.70. The predicted octanol–water partition coefficient (Wildman–Crippen LogP) is 1.09. The van der Waals surface area contributed by atoms with E-state index in [0.29, 0.717) is 12.2 Å². The molecule has 0 aliphatic carbocycles. The quantitative estimate of drug-likeness (QED) is 0.840. The summed E-state index contributed by atoms with van der Waals surface area (Å²) in [5.41, 5.74) is 2.41. The Bertz CT molecular complexity index is 647. The number of ether oxygens (including phenoxy) is 1. The third kappa shape index (κ3) is 3.64. The van der Waals surface area contributed by atoms with Gasteiger partial charge in [-0.25, -0.2) is 4.98 Å². The molecule has 1 saturated heterocycles. The summed E-state index contributed by atoms with van der Waals surface area (Å²) < 4.78 is 7.20. The van der Waals surface area contributed by atoms with Crippen LogP contribution in [0.3, 0.4) is 0 Å². The van der Waals surface area contributed by atoms with E-state index in [1.165, 1.54) is 0 Å². The number of hydrogen-bond donors (Lipinski definition) is 1. The first-order chi connectivity index (χ1) is 10.7. The molecule has 3 rings (SSSR count). The summed E-state index contributed by atoms with van der Waals surface area (Å²) in [6.07, 6.45) is 4.69. The van der Waals surface area contributed by atoms with Crippen LogP contribution in [0.2, 0.25) is 0 Å². The Morgan fingerprint density at radius 3 is 2.95 bits per heavy atom. The molecule has 1 fully saturated rings. The van der Waals surface area contributed by atoms with Crippen LogP contribution in [0.5, 0.6) is 0 Å².